The number of aromatic carboxylic acids is 1. The summed E-state index contributed by atoms with van der Waals surface area (Å²) in [7, 11) is 0. The molecule has 1 aliphatic rings. The highest BCUT2D eigenvalue weighted by molar-refractivity contribution is 5.92. The van der Waals surface area contributed by atoms with E-state index >= 15 is 0 Å². The summed E-state index contributed by atoms with van der Waals surface area (Å²) in [5.74, 6) is -0.0731. The quantitative estimate of drug-likeness (QED) is 0.590. The highest BCUT2D eigenvalue weighted by atomic mass is 16.5. The van der Waals surface area contributed by atoms with E-state index in [4.69, 9.17) is 10.00 Å². The van der Waals surface area contributed by atoms with E-state index in [1.807, 2.05) is 31.2 Å². The summed E-state index contributed by atoms with van der Waals surface area (Å²) in [5.41, 5.74) is 3.48. The number of carbonyl (C=O) groups is 1. The van der Waals surface area contributed by atoms with Crippen molar-refractivity contribution >= 4 is 17.5 Å². The first-order valence-electron chi connectivity index (χ1n) is 9.74. The van der Waals surface area contributed by atoms with E-state index in [9.17, 15) is 9.90 Å². The molecule has 30 heavy (non-hydrogen) atoms. The minimum atomic E-state index is -1.13. The van der Waals surface area contributed by atoms with Gasteiger partial charge < -0.3 is 15.2 Å². The van der Waals surface area contributed by atoms with Gasteiger partial charge in [0.05, 0.1) is 35.8 Å². The molecule has 0 atom stereocenters. The lowest BCUT2D eigenvalue weighted by molar-refractivity contribution is 0.0691. The van der Waals surface area contributed by atoms with Crippen molar-refractivity contribution in [1.82, 2.24) is 9.97 Å². The molecule has 1 heterocycles. The summed E-state index contributed by atoms with van der Waals surface area (Å²) in [5, 5.41) is 21.7. The first kappa shape index (κ1) is 19.4. The second-order valence-electron chi connectivity index (χ2n) is 7.00. The van der Waals surface area contributed by atoms with E-state index < -0.39 is 5.97 Å². The van der Waals surface area contributed by atoms with E-state index in [-0.39, 0.29) is 11.5 Å². The summed E-state index contributed by atoms with van der Waals surface area (Å²) in [6.45, 7) is 2.31. The number of carboxylic acid groups (broad SMARTS) is 1. The number of hydrogen-bond donors (Lipinski definition) is 2. The average Bonchev–Trinajstić information content (AvgIpc) is 3.61. The third-order valence-electron chi connectivity index (χ3n) is 4.87. The smallest absolute Gasteiger partial charge is 0.358 e. The molecule has 0 saturated heterocycles. The molecule has 7 nitrogen and oxygen atoms in total. The molecule has 1 aliphatic carbocycles. The number of aromatic nitrogens is 2. The molecule has 150 valence electrons. The van der Waals surface area contributed by atoms with Crippen LogP contribution in [0.1, 0.15) is 47.4 Å². The fourth-order valence-corrected chi connectivity index (χ4v) is 3.23. The largest absolute Gasteiger partial charge is 0.491 e. The van der Waals surface area contributed by atoms with Crippen LogP contribution in [-0.2, 0) is 0 Å². The Morgan fingerprint density at radius 1 is 1.27 bits per heavy atom. The number of carboxylic acids is 1. The van der Waals surface area contributed by atoms with Crippen molar-refractivity contribution in [3.8, 4) is 22.9 Å². The number of anilines is 2. The number of hydrogen-bond acceptors (Lipinski definition) is 6. The molecular formula is C23H20N4O3. The van der Waals surface area contributed by atoms with Crippen LogP contribution in [0.5, 0.6) is 5.75 Å². The zero-order valence-corrected chi connectivity index (χ0v) is 16.4. The Hall–Kier alpha value is -3.92. The number of rotatable bonds is 7. The van der Waals surface area contributed by atoms with Gasteiger partial charge in [-0.25, -0.2) is 14.8 Å². The molecule has 1 aromatic heterocycles. The molecule has 0 spiro atoms. The number of nitriles is 1. The second-order valence-corrected chi connectivity index (χ2v) is 7.00. The van der Waals surface area contributed by atoms with Crippen molar-refractivity contribution in [3.63, 3.8) is 0 Å². The van der Waals surface area contributed by atoms with E-state index in [0.29, 0.717) is 35.2 Å². The first-order valence-corrected chi connectivity index (χ1v) is 9.74. The fourth-order valence-electron chi connectivity index (χ4n) is 3.23. The van der Waals surface area contributed by atoms with Gasteiger partial charge in [0.1, 0.15) is 0 Å². The molecule has 1 saturated carbocycles. The Morgan fingerprint density at radius 3 is 2.67 bits per heavy atom. The minimum Gasteiger partial charge on any atom is -0.491 e. The number of ether oxygens (including phenoxy) is 1. The van der Waals surface area contributed by atoms with Crippen LogP contribution in [0, 0.1) is 11.3 Å². The van der Waals surface area contributed by atoms with Gasteiger partial charge in [-0.1, -0.05) is 24.3 Å². The van der Waals surface area contributed by atoms with Crippen LogP contribution < -0.4 is 10.1 Å². The molecule has 4 rings (SSSR count). The molecule has 0 radical (unpaired) electrons. The molecule has 2 N–H and O–H groups in total. The van der Waals surface area contributed by atoms with Crippen molar-refractivity contribution in [3.05, 3.63) is 65.6 Å². The lowest BCUT2D eigenvalue weighted by Gasteiger charge is -2.17. The van der Waals surface area contributed by atoms with Gasteiger partial charge in [0.15, 0.2) is 17.3 Å². The maximum absolute atomic E-state index is 11.8. The Morgan fingerprint density at radius 2 is 2.03 bits per heavy atom. The maximum Gasteiger partial charge on any atom is 0.358 e. The van der Waals surface area contributed by atoms with E-state index in [1.54, 1.807) is 24.4 Å². The average molecular weight is 400 g/mol. The second kappa shape index (κ2) is 8.21. The van der Waals surface area contributed by atoms with Crippen LogP contribution in [0.2, 0.25) is 0 Å². The van der Waals surface area contributed by atoms with Gasteiger partial charge in [-0.3, -0.25) is 0 Å². The number of benzene rings is 2. The highest BCUT2D eigenvalue weighted by Gasteiger charge is 2.27. The SMILES string of the molecule is CCOc1c(Nc2ncc(C3CC3)nc2C(=O)O)cccc1-c1ccc(C#N)cc1. The summed E-state index contributed by atoms with van der Waals surface area (Å²) < 4.78 is 5.90. The summed E-state index contributed by atoms with van der Waals surface area (Å²) in [6.07, 6.45) is 3.67. The number of nitrogens with one attached hydrogen (secondary N) is 1. The normalized spacial score (nSPS) is 12.8. The van der Waals surface area contributed by atoms with E-state index in [0.717, 1.165) is 24.0 Å². The molecule has 0 bridgehead atoms. The van der Waals surface area contributed by atoms with Gasteiger partial charge in [-0.2, -0.15) is 5.26 Å². The summed E-state index contributed by atoms with van der Waals surface area (Å²) in [4.78, 5) is 20.4. The third kappa shape index (κ3) is 3.94. The van der Waals surface area contributed by atoms with Crippen molar-refractivity contribution in [2.75, 3.05) is 11.9 Å². The van der Waals surface area contributed by atoms with Crippen molar-refractivity contribution in [1.29, 1.82) is 5.26 Å². The van der Waals surface area contributed by atoms with Gasteiger partial charge in [-0.15, -0.1) is 0 Å². The Balaban J connectivity index is 1.74. The topological polar surface area (TPSA) is 108 Å². The lowest BCUT2D eigenvalue weighted by atomic mass is 10.0. The lowest BCUT2D eigenvalue weighted by Crippen LogP contribution is -2.10. The van der Waals surface area contributed by atoms with Crippen LogP contribution in [0.3, 0.4) is 0 Å². The van der Waals surface area contributed by atoms with Crippen LogP contribution in [0.4, 0.5) is 11.5 Å². The van der Waals surface area contributed by atoms with Gasteiger partial charge >= 0.3 is 5.97 Å². The van der Waals surface area contributed by atoms with Crippen LogP contribution in [-0.4, -0.2) is 27.7 Å². The summed E-state index contributed by atoms with van der Waals surface area (Å²) >= 11 is 0. The fraction of sp³-hybridized carbons (Fsp3) is 0.217. The third-order valence-corrected chi connectivity index (χ3v) is 4.87. The van der Waals surface area contributed by atoms with Crippen molar-refractivity contribution in [2.24, 2.45) is 0 Å². The van der Waals surface area contributed by atoms with Gasteiger partial charge in [-0.05, 0) is 43.5 Å². The highest BCUT2D eigenvalue weighted by Crippen LogP contribution is 2.40. The Bertz CT molecular complexity index is 1130. The molecule has 0 amide bonds. The Kier molecular flexibility index (Phi) is 5.31. The zero-order chi connectivity index (χ0) is 21.1. The van der Waals surface area contributed by atoms with Crippen LogP contribution >= 0.6 is 0 Å². The Labute approximate surface area is 174 Å². The van der Waals surface area contributed by atoms with Crippen molar-refractivity contribution in [2.45, 2.75) is 25.7 Å². The minimum absolute atomic E-state index is 0.106. The monoisotopic (exact) mass is 400 g/mol. The number of para-hydroxylation sites is 1. The standard InChI is InChI=1S/C23H20N4O3/c1-2-30-21-17(15-8-6-14(12-24)7-9-15)4-3-5-18(21)27-22-20(23(28)29)26-19(13-25-22)16-10-11-16/h3-9,13,16H,2,10-11H2,1H3,(H,25,27)(H,28,29). The number of nitrogens with zero attached hydrogens (tertiary/aromatic N) is 3. The molecular weight excluding hydrogens is 380 g/mol. The first-order chi connectivity index (χ1) is 14.6. The van der Waals surface area contributed by atoms with E-state index in [1.165, 1.54) is 0 Å². The van der Waals surface area contributed by atoms with Gasteiger partial charge in [0, 0.05) is 11.5 Å². The predicted molar refractivity (Wildman–Crippen MR) is 112 cm³/mol. The van der Waals surface area contributed by atoms with Gasteiger partial charge in [0.2, 0.25) is 0 Å². The molecule has 1 fully saturated rings. The molecule has 0 aliphatic heterocycles. The van der Waals surface area contributed by atoms with Crippen LogP contribution in [0.15, 0.2) is 48.7 Å². The van der Waals surface area contributed by atoms with Crippen LogP contribution in [0.25, 0.3) is 11.1 Å². The van der Waals surface area contributed by atoms with Crippen molar-refractivity contribution < 1.29 is 14.6 Å². The molecule has 7 heteroatoms. The zero-order valence-electron chi connectivity index (χ0n) is 16.4. The molecule has 3 aromatic rings. The van der Waals surface area contributed by atoms with Gasteiger partial charge in [0.25, 0.3) is 0 Å². The van der Waals surface area contributed by atoms with E-state index in [2.05, 4.69) is 21.4 Å². The summed E-state index contributed by atoms with van der Waals surface area (Å²) in [6, 6.07) is 14.9. The molecule has 2 aromatic carbocycles. The molecule has 0 unspecified atom stereocenters. The predicted octanol–water partition coefficient (Wildman–Crippen LogP) is 4.73. The maximum atomic E-state index is 11.8.